The lowest BCUT2D eigenvalue weighted by atomic mass is 10.0. The number of rotatable bonds is 42. The Bertz CT molecular complexity index is 1150. The quantitative estimate of drug-likeness (QED) is 0.0324. The van der Waals surface area contributed by atoms with Gasteiger partial charge in [0, 0.05) is 6.42 Å². The zero-order valence-corrected chi connectivity index (χ0v) is 38.4. The molecular formula is C53H91NO5. The molecule has 0 radical (unpaired) electrons. The van der Waals surface area contributed by atoms with E-state index in [9.17, 15) is 19.8 Å². The van der Waals surface area contributed by atoms with Crippen molar-refractivity contribution in [2.75, 3.05) is 6.61 Å². The molecule has 0 rings (SSSR count). The van der Waals surface area contributed by atoms with E-state index in [4.69, 9.17) is 4.74 Å². The molecule has 6 heteroatoms. The number of nitrogens with one attached hydrogen (secondary N) is 1. The van der Waals surface area contributed by atoms with Crippen LogP contribution in [0.1, 0.15) is 213 Å². The standard InChI is InChI=1S/C53H91NO5/c1-4-7-10-13-16-19-22-25-28-30-33-36-39-42-45-51(56)50(48-55)54-52(57)47-49(44-41-38-35-32-29-26-23-20-17-14-11-8-5-2)59-53(58)46-43-40-37-34-31-27-24-21-18-15-12-9-6-3/h9,12,15,17-18,20-21,23-24,26-27,31,34,37,49-51,55-56H,4-8,10-11,13-14,16,19,22,25,28-30,32-33,35-36,38-48H2,1-3H3,(H,54,57)/b12-9+,18-15+,20-17+,24-21-,26-23+,31-27-,37-34+. The number of ether oxygens (including phenoxy) is 1. The number of aliphatic hydroxyl groups is 2. The van der Waals surface area contributed by atoms with Crippen molar-refractivity contribution in [1.82, 2.24) is 5.32 Å². The van der Waals surface area contributed by atoms with Gasteiger partial charge in [0.15, 0.2) is 0 Å². The summed E-state index contributed by atoms with van der Waals surface area (Å²) in [5.74, 6) is -0.588. The van der Waals surface area contributed by atoms with Crippen LogP contribution in [0.15, 0.2) is 85.1 Å². The largest absolute Gasteiger partial charge is 0.462 e. The van der Waals surface area contributed by atoms with Crippen LogP contribution >= 0.6 is 0 Å². The summed E-state index contributed by atoms with van der Waals surface area (Å²) in [5, 5.41) is 23.7. The number of allylic oxidation sites excluding steroid dienone is 14. The Morgan fingerprint density at radius 1 is 0.508 bits per heavy atom. The van der Waals surface area contributed by atoms with Gasteiger partial charge < -0.3 is 20.3 Å². The molecule has 59 heavy (non-hydrogen) atoms. The number of amides is 1. The monoisotopic (exact) mass is 822 g/mol. The third-order valence-corrected chi connectivity index (χ3v) is 10.6. The van der Waals surface area contributed by atoms with Gasteiger partial charge in [-0.15, -0.1) is 0 Å². The van der Waals surface area contributed by atoms with E-state index in [2.05, 4.69) is 56.5 Å². The lowest BCUT2D eigenvalue weighted by Crippen LogP contribution is -2.46. The third-order valence-electron chi connectivity index (χ3n) is 10.6. The summed E-state index contributed by atoms with van der Waals surface area (Å²) < 4.78 is 5.87. The average molecular weight is 822 g/mol. The topological polar surface area (TPSA) is 95.9 Å². The van der Waals surface area contributed by atoms with E-state index in [0.29, 0.717) is 25.7 Å². The number of unbranched alkanes of at least 4 members (excludes halogenated alkanes) is 21. The fourth-order valence-corrected chi connectivity index (χ4v) is 6.92. The summed E-state index contributed by atoms with van der Waals surface area (Å²) in [6.07, 6.45) is 59.3. The van der Waals surface area contributed by atoms with Crippen LogP contribution in [0, 0.1) is 0 Å². The van der Waals surface area contributed by atoms with Crippen LogP contribution in [0.3, 0.4) is 0 Å². The second-order valence-corrected chi connectivity index (χ2v) is 16.3. The lowest BCUT2D eigenvalue weighted by molar-refractivity contribution is -0.151. The highest BCUT2D eigenvalue weighted by Crippen LogP contribution is 2.17. The highest BCUT2D eigenvalue weighted by Gasteiger charge is 2.24. The maximum Gasteiger partial charge on any atom is 0.306 e. The minimum absolute atomic E-state index is 0.0312. The van der Waals surface area contributed by atoms with Gasteiger partial charge in [-0.05, 0) is 64.2 Å². The second kappa shape index (κ2) is 46.1. The summed E-state index contributed by atoms with van der Waals surface area (Å²) >= 11 is 0. The molecule has 0 bridgehead atoms. The molecule has 0 aliphatic rings. The van der Waals surface area contributed by atoms with Crippen molar-refractivity contribution < 1.29 is 24.5 Å². The molecule has 3 atom stereocenters. The first-order chi connectivity index (χ1) is 29.0. The van der Waals surface area contributed by atoms with Crippen molar-refractivity contribution in [3.63, 3.8) is 0 Å². The van der Waals surface area contributed by atoms with Crippen LogP contribution < -0.4 is 5.32 Å². The Morgan fingerprint density at radius 3 is 1.44 bits per heavy atom. The molecule has 0 aromatic rings. The maximum atomic E-state index is 13.2. The minimum atomic E-state index is -0.809. The number of hydrogen-bond acceptors (Lipinski definition) is 5. The second-order valence-electron chi connectivity index (χ2n) is 16.3. The predicted molar refractivity (Wildman–Crippen MR) is 254 cm³/mol. The van der Waals surface area contributed by atoms with E-state index in [1.54, 1.807) is 0 Å². The van der Waals surface area contributed by atoms with E-state index in [-0.39, 0.29) is 24.9 Å². The van der Waals surface area contributed by atoms with Crippen molar-refractivity contribution in [2.24, 2.45) is 0 Å². The molecule has 0 aliphatic heterocycles. The minimum Gasteiger partial charge on any atom is -0.462 e. The maximum absolute atomic E-state index is 13.2. The smallest absolute Gasteiger partial charge is 0.306 e. The van der Waals surface area contributed by atoms with Crippen LogP contribution in [0.2, 0.25) is 0 Å². The molecule has 3 N–H and O–H groups in total. The molecule has 3 unspecified atom stereocenters. The molecule has 0 fully saturated rings. The molecule has 0 saturated carbocycles. The molecule has 6 nitrogen and oxygen atoms in total. The van der Waals surface area contributed by atoms with Crippen molar-refractivity contribution in [2.45, 2.75) is 232 Å². The summed E-state index contributed by atoms with van der Waals surface area (Å²) in [5.41, 5.74) is 0. The van der Waals surface area contributed by atoms with Crippen LogP contribution in [0.5, 0.6) is 0 Å². The van der Waals surface area contributed by atoms with Crippen LogP contribution in [0.25, 0.3) is 0 Å². The summed E-state index contributed by atoms with van der Waals surface area (Å²) in [7, 11) is 0. The Balaban J connectivity index is 4.72. The van der Waals surface area contributed by atoms with E-state index in [1.807, 2.05) is 54.7 Å². The first-order valence-electron chi connectivity index (χ1n) is 24.4. The van der Waals surface area contributed by atoms with Gasteiger partial charge in [-0.1, -0.05) is 221 Å². The highest BCUT2D eigenvalue weighted by atomic mass is 16.5. The number of hydrogen-bond donors (Lipinski definition) is 3. The van der Waals surface area contributed by atoms with Crippen LogP contribution in [0.4, 0.5) is 0 Å². The van der Waals surface area contributed by atoms with Gasteiger partial charge in [0.05, 0.1) is 25.2 Å². The van der Waals surface area contributed by atoms with E-state index >= 15 is 0 Å². The van der Waals surface area contributed by atoms with Crippen LogP contribution in [-0.4, -0.2) is 46.9 Å². The number of esters is 1. The first-order valence-corrected chi connectivity index (χ1v) is 24.4. The van der Waals surface area contributed by atoms with Gasteiger partial charge in [0.25, 0.3) is 0 Å². The zero-order valence-electron chi connectivity index (χ0n) is 38.4. The van der Waals surface area contributed by atoms with Crippen molar-refractivity contribution in [1.29, 1.82) is 0 Å². The zero-order chi connectivity index (χ0) is 43.1. The molecule has 338 valence electrons. The predicted octanol–water partition coefficient (Wildman–Crippen LogP) is 14.4. The first kappa shape index (κ1) is 56.0. The average Bonchev–Trinajstić information content (AvgIpc) is 3.23. The van der Waals surface area contributed by atoms with Gasteiger partial charge in [0.1, 0.15) is 6.10 Å². The van der Waals surface area contributed by atoms with Gasteiger partial charge >= 0.3 is 5.97 Å². The van der Waals surface area contributed by atoms with Crippen molar-refractivity contribution in [3.8, 4) is 0 Å². The van der Waals surface area contributed by atoms with Crippen LogP contribution in [-0.2, 0) is 14.3 Å². The Morgan fingerprint density at radius 2 is 0.915 bits per heavy atom. The molecule has 0 aromatic heterocycles. The Hall–Kier alpha value is -2.96. The lowest BCUT2D eigenvalue weighted by Gasteiger charge is -2.24. The fraction of sp³-hybridized carbons (Fsp3) is 0.698. The summed E-state index contributed by atoms with van der Waals surface area (Å²) in [6.45, 7) is 6.27. The van der Waals surface area contributed by atoms with E-state index < -0.39 is 18.2 Å². The molecule has 0 aliphatic carbocycles. The van der Waals surface area contributed by atoms with Crippen molar-refractivity contribution in [3.05, 3.63) is 85.1 Å². The Kier molecular flexibility index (Phi) is 43.8. The summed E-state index contributed by atoms with van der Waals surface area (Å²) in [6, 6.07) is -0.726. The molecule has 0 saturated heterocycles. The molecule has 0 spiro atoms. The van der Waals surface area contributed by atoms with Gasteiger partial charge in [-0.3, -0.25) is 9.59 Å². The van der Waals surface area contributed by atoms with E-state index in [1.165, 1.54) is 89.9 Å². The number of carbonyl (C=O) groups excluding carboxylic acids is 2. The molecule has 1 amide bonds. The van der Waals surface area contributed by atoms with Gasteiger partial charge in [-0.25, -0.2) is 0 Å². The summed E-state index contributed by atoms with van der Waals surface area (Å²) in [4.78, 5) is 26.0. The SMILES string of the molecule is CC/C=C/C=C/C=C\C=C/C=C/CCCC(=O)OC(CCCCCC/C=C/C=C/CCCCC)CC(=O)NC(CO)C(O)CCCCCCCCCCCCCCCC. The van der Waals surface area contributed by atoms with Gasteiger partial charge in [0.2, 0.25) is 5.91 Å². The Labute approximate surface area is 363 Å². The van der Waals surface area contributed by atoms with Gasteiger partial charge in [-0.2, -0.15) is 0 Å². The number of carbonyl (C=O) groups is 2. The molecular weight excluding hydrogens is 731 g/mol. The third kappa shape index (κ3) is 41.6. The molecule has 0 aromatic carbocycles. The number of aliphatic hydroxyl groups excluding tert-OH is 2. The highest BCUT2D eigenvalue weighted by molar-refractivity contribution is 5.77. The normalized spacial score (nSPS) is 14.1. The fourth-order valence-electron chi connectivity index (χ4n) is 6.92. The van der Waals surface area contributed by atoms with E-state index in [0.717, 1.165) is 70.6 Å². The van der Waals surface area contributed by atoms with Crippen molar-refractivity contribution >= 4 is 11.9 Å². The molecule has 0 heterocycles.